The lowest BCUT2D eigenvalue weighted by atomic mass is 10.1. The van der Waals surface area contributed by atoms with Crippen LogP contribution in [0.15, 0.2) is 48.5 Å². The number of hydrogen-bond donors (Lipinski definition) is 1. The molecule has 0 aliphatic carbocycles. The SMILES string of the molecule is CCOc1ccc(NC(=O)COC(=O)[C@H]2CC(=O)N(c3ccc(OC)cc3)C2)cc1. The molecule has 1 aliphatic heterocycles. The van der Waals surface area contributed by atoms with E-state index in [1.807, 2.05) is 6.92 Å². The van der Waals surface area contributed by atoms with Crippen molar-refractivity contribution in [2.24, 2.45) is 5.92 Å². The van der Waals surface area contributed by atoms with Gasteiger partial charge in [-0.05, 0) is 55.5 Å². The van der Waals surface area contributed by atoms with Gasteiger partial charge in [-0.15, -0.1) is 0 Å². The maximum atomic E-state index is 12.3. The van der Waals surface area contributed by atoms with Crippen LogP contribution in [0.5, 0.6) is 11.5 Å². The number of nitrogens with zero attached hydrogens (tertiary/aromatic N) is 1. The van der Waals surface area contributed by atoms with Gasteiger partial charge < -0.3 is 24.4 Å². The maximum absolute atomic E-state index is 12.3. The van der Waals surface area contributed by atoms with E-state index in [1.165, 1.54) is 4.90 Å². The minimum absolute atomic E-state index is 0.0470. The molecule has 2 aromatic carbocycles. The van der Waals surface area contributed by atoms with E-state index in [2.05, 4.69) is 5.32 Å². The first kappa shape index (κ1) is 21.2. The Bertz CT molecular complexity index is 895. The Morgan fingerprint density at radius 1 is 1.07 bits per heavy atom. The molecule has 2 aromatic rings. The van der Waals surface area contributed by atoms with Gasteiger partial charge in [0.2, 0.25) is 5.91 Å². The van der Waals surface area contributed by atoms with Crippen molar-refractivity contribution in [1.29, 1.82) is 0 Å². The molecule has 3 rings (SSSR count). The lowest BCUT2D eigenvalue weighted by molar-refractivity contribution is -0.151. The highest BCUT2D eigenvalue weighted by Gasteiger charge is 2.36. The highest BCUT2D eigenvalue weighted by Crippen LogP contribution is 2.27. The third kappa shape index (κ3) is 5.28. The van der Waals surface area contributed by atoms with E-state index in [0.717, 1.165) is 0 Å². The average molecular weight is 412 g/mol. The van der Waals surface area contributed by atoms with Crippen molar-refractivity contribution >= 4 is 29.2 Å². The molecular formula is C22H24N2O6. The van der Waals surface area contributed by atoms with Crippen molar-refractivity contribution in [3.63, 3.8) is 0 Å². The number of hydrogen-bond acceptors (Lipinski definition) is 6. The van der Waals surface area contributed by atoms with Gasteiger partial charge in [0, 0.05) is 24.3 Å². The van der Waals surface area contributed by atoms with Gasteiger partial charge in [0.1, 0.15) is 11.5 Å². The van der Waals surface area contributed by atoms with Gasteiger partial charge in [0.15, 0.2) is 6.61 Å². The Hall–Kier alpha value is -3.55. The van der Waals surface area contributed by atoms with Crippen molar-refractivity contribution < 1.29 is 28.6 Å². The number of esters is 1. The quantitative estimate of drug-likeness (QED) is 0.670. The summed E-state index contributed by atoms with van der Waals surface area (Å²) in [5.74, 6) is -0.418. The smallest absolute Gasteiger partial charge is 0.311 e. The van der Waals surface area contributed by atoms with Crippen molar-refractivity contribution in [2.75, 3.05) is 37.1 Å². The molecule has 1 N–H and O–H groups in total. The molecule has 1 fully saturated rings. The highest BCUT2D eigenvalue weighted by atomic mass is 16.5. The van der Waals surface area contributed by atoms with Crippen LogP contribution in [0, 0.1) is 5.92 Å². The number of benzene rings is 2. The van der Waals surface area contributed by atoms with Crippen molar-refractivity contribution in [1.82, 2.24) is 0 Å². The minimum Gasteiger partial charge on any atom is -0.497 e. The van der Waals surface area contributed by atoms with Crippen molar-refractivity contribution in [2.45, 2.75) is 13.3 Å². The minimum atomic E-state index is -0.613. The standard InChI is InChI=1S/C22H24N2O6/c1-3-29-19-8-4-16(5-9-19)23-20(25)14-30-22(27)15-12-21(26)24(13-15)17-6-10-18(28-2)11-7-17/h4-11,15H,3,12-14H2,1-2H3,(H,23,25)/t15-/m0/s1. The summed E-state index contributed by atoms with van der Waals surface area (Å²) in [5, 5.41) is 2.65. The molecule has 2 amide bonds. The second-order valence-electron chi connectivity index (χ2n) is 6.72. The summed E-state index contributed by atoms with van der Waals surface area (Å²) in [4.78, 5) is 38.2. The Morgan fingerprint density at radius 2 is 1.73 bits per heavy atom. The number of anilines is 2. The third-order valence-corrected chi connectivity index (χ3v) is 4.64. The summed E-state index contributed by atoms with van der Waals surface area (Å²) >= 11 is 0. The lowest BCUT2D eigenvalue weighted by Gasteiger charge is -2.16. The summed E-state index contributed by atoms with van der Waals surface area (Å²) in [5.41, 5.74) is 1.26. The van der Waals surface area contributed by atoms with Gasteiger partial charge >= 0.3 is 5.97 Å². The number of rotatable bonds is 8. The molecule has 1 aliphatic rings. The fourth-order valence-electron chi connectivity index (χ4n) is 3.13. The van der Waals surface area contributed by atoms with E-state index < -0.39 is 24.4 Å². The van der Waals surface area contributed by atoms with Crippen LogP contribution in [0.3, 0.4) is 0 Å². The van der Waals surface area contributed by atoms with Crippen LogP contribution in [-0.4, -0.2) is 44.7 Å². The fourth-order valence-corrected chi connectivity index (χ4v) is 3.13. The Morgan fingerprint density at radius 3 is 2.37 bits per heavy atom. The largest absolute Gasteiger partial charge is 0.497 e. The van der Waals surface area contributed by atoms with E-state index in [1.54, 1.807) is 55.6 Å². The average Bonchev–Trinajstić information content (AvgIpc) is 3.15. The fraction of sp³-hybridized carbons (Fsp3) is 0.318. The summed E-state index contributed by atoms with van der Waals surface area (Å²) < 4.78 is 15.6. The predicted octanol–water partition coefficient (Wildman–Crippen LogP) is 2.63. The molecule has 1 saturated heterocycles. The van der Waals surface area contributed by atoms with E-state index in [9.17, 15) is 14.4 Å². The van der Waals surface area contributed by atoms with Crippen LogP contribution in [0.25, 0.3) is 0 Å². The number of ether oxygens (including phenoxy) is 3. The van der Waals surface area contributed by atoms with Gasteiger partial charge in [0.05, 0.1) is 19.6 Å². The summed E-state index contributed by atoms with van der Waals surface area (Å²) in [7, 11) is 1.56. The molecule has 0 radical (unpaired) electrons. The van der Waals surface area contributed by atoms with Gasteiger partial charge in [-0.2, -0.15) is 0 Å². The molecule has 0 spiro atoms. The van der Waals surface area contributed by atoms with Crippen molar-refractivity contribution in [3.8, 4) is 11.5 Å². The molecule has 8 heteroatoms. The first-order valence-electron chi connectivity index (χ1n) is 9.64. The van der Waals surface area contributed by atoms with Crippen LogP contribution in [0.2, 0.25) is 0 Å². The monoisotopic (exact) mass is 412 g/mol. The third-order valence-electron chi connectivity index (χ3n) is 4.64. The van der Waals surface area contributed by atoms with Crippen LogP contribution < -0.4 is 19.7 Å². The molecule has 8 nitrogen and oxygen atoms in total. The summed E-state index contributed by atoms with van der Waals surface area (Å²) in [6.45, 7) is 2.24. The van der Waals surface area contributed by atoms with Crippen LogP contribution in [0.1, 0.15) is 13.3 Å². The van der Waals surface area contributed by atoms with E-state index in [-0.39, 0.29) is 18.9 Å². The molecule has 0 aromatic heterocycles. The topological polar surface area (TPSA) is 94.2 Å². The second kappa shape index (κ2) is 9.78. The maximum Gasteiger partial charge on any atom is 0.311 e. The number of carbonyl (C=O) groups excluding carboxylic acids is 3. The molecule has 1 atom stereocenters. The summed E-state index contributed by atoms with van der Waals surface area (Å²) in [6.07, 6.45) is 0.0470. The summed E-state index contributed by atoms with van der Waals surface area (Å²) in [6, 6.07) is 13.9. The molecule has 0 saturated carbocycles. The van der Waals surface area contributed by atoms with E-state index in [4.69, 9.17) is 14.2 Å². The zero-order valence-corrected chi connectivity index (χ0v) is 16.9. The first-order valence-corrected chi connectivity index (χ1v) is 9.64. The van der Waals surface area contributed by atoms with Gasteiger partial charge in [-0.1, -0.05) is 0 Å². The lowest BCUT2D eigenvalue weighted by Crippen LogP contribution is -2.28. The highest BCUT2D eigenvalue weighted by molar-refractivity contribution is 6.00. The molecule has 158 valence electrons. The number of methoxy groups -OCH3 is 1. The van der Waals surface area contributed by atoms with Crippen LogP contribution in [0.4, 0.5) is 11.4 Å². The predicted molar refractivity (Wildman–Crippen MR) is 111 cm³/mol. The van der Waals surface area contributed by atoms with Crippen LogP contribution in [-0.2, 0) is 19.1 Å². The van der Waals surface area contributed by atoms with Gasteiger partial charge in [-0.25, -0.2) is 0 Å². The Kier molecular flexibility index (Phi) is 6.90. The zero-order valence-electron chi connectivity index (χ0n) is 16.9. The van der Waals surface area contributed by atoms with E-state index in [0.29, 0.717) is 29.5 Å². The second-order valence-corrected chi connectivity index (χ2v) is 6.72. The normalized spacial score (nSPS) is 15.6. The molecule has 1 heterocycles. The molecule has 0 unspecified atom stereocenters. The van der Waals surface area contributed by atoms with Crippen LogP contribution >= 0.6 is 0 Å². The van der Waals surface area contributed by atoms with Crippen molar-refractivity contribution in [3.05, 3.63) is 48.5 Å². The Balaban J connectivity index is 1.48. The number of amides is 2. The zero-order chi connectivity index (χ0) is 21.5. The number of carbonyl (C=O) groups is 3. The molecule has 30 heavy (non-hydrogen) atoms. The van der Waals surface area contributed by atoms with Gasteiger partial charge in [-0.3, -0.25) is 14.4 Å². The first-order chi connectivity index (χ1) is 14.5. The van der Waals surface area contributed by atoms with E-state index >= 15 is 0 Å². The molecular weight excluding hydrogens is 388 g/mol. The Labute approximate surface area is 174 Å². The van der Waals surface area contributed by atoms with Gasteiger partial charge in [0.25, 0.3) is 5.91 Å². The molecule has 0 bridgehead atoms. The number of nitrogens with one attached hydrogen (secondary N) is 1.